The largest absolute Gasteiger partial charge is 0.379 e. The van der Waals surface area contributed by atoms with Crippen molar-refractivity contribution < 1.29 is 4.74 Å². The van der Waals surface area contributed by atoms with Gasteiger partial charge in [0.2, 0.25) is 0 Å². The fraction of sp³-hybridized carbons (Fsp3) is 0.550. The van der Waals surface area contributed by atoms with Gasteiger partial charge in [0.25, 0.3) is 0 Å². The zero-order chi connectivity index (χ0) is 20.5. The Balaban J connectivity index is 0.00000320. The maximum atomic E-state index is 6.08. The van der Waals surface area contributed by atoms with Crippen LogP contribution in [0.1, 0.15) is 24.4 Å². The molecule has 0 amide bonds. The molecule has 2 aromatic rings. The lowest BCUT2D eigenvalue weighted by atomic mass is 10.0. The Hall–Kier alpha value is -1.43. The number of rotatable bonds is 8. The number of aryl methyl sites for hydroxylation is 1. The average molecular weight is 548 g/mol. The molecule has 1 atom stereocenters. The first-order valence-corrected chi connectivity index (χ1v) is 10.5. The number of aliphatic imine (C=N–C) groups is 1. The van der Waals surface area contributed by atoms with E-state index in [1.54, 1.807) is 13.4 Å². The van der Waals surface area contributed by atoms with E-state index < -0.39 is 0 Å². The number of guanidine groups is 1. The summed E-state index contributed by atoms with van der Waals surface area (Å²) in [5.74, 6) is 1.77. The average Bonchev–Trinajstić information content (AvgIpc) is 3.22. The van der Waals surface area contributed by atoms with E-state index in [0.29, 0.717) is 0 Å². The first-order valence-electron chi connectivity index (χ1n) is 10.1. The van der Waals surface area contributed by atoms with E-state index in [1.165, 1.54) is 5.56 Å². The van der Waals surface area contributed by atoms with Crippen molar-refractivity contribution in [3.8, 4) is 0 Å². The van der Waals surface area contributed by atoms with Crippen LogP contribution in [-0.2, 0) is 17.7 Å². The van der Waals surface area contributed by atoms with Gasteiger partial charge in [0.1, 0.15) is 12.2 Å². The van der Waals surface area contributed by atoms with Crippen molar-refractivity contribution in [1.29, 1.82) is 0 Å². The van der Waals surface area contributed by atoms with Gasteiger partial charge in [-0.05, 0) is 17.7 Å². The number of nitrogens with one attached hydrogen (secondary N) is 2. The SMILES string of the molecule is CCc1nncn1CCNC(=NC)NCC(c1ccc(Cl)cc1)N1CCOCC1.I. The number of hydrogen-bond donors (Lipinski definition) is 2. The molecule has 166 valence electrons. The van der Waals surface area contributed by atoms with Crippen LogP contribution in [0.25, 0.3) is 0 Å². The van der Waals surface area contributed by atoms with E-state index in [1.807, 2.05) is 12.1 Å². The van der Waals surface area contributed by atoms with Gasteiger partial charge in [-0.25, -0.2) is 0 Å². The standard InChI is InChI=1S/C20H30ClN7O.HI/c1-3-19-26-25-15-28(19)9-8-23-20(22-2)24-14-18(27-10-12-29-13-11-27)16-4-6-17(21)7-5-16;/h4-7,15,18H,3,8-14H2,1-2H3,(H2,22,23,24);1H. The number of morpholine rings is 1. The number of ether oxygens (including phenoxy) is 1. The molecule has 1 unspecified atom stereocenters. The molecule has 1 aromatic heterocycles. The van der Waals surface area contributed by atoms with Crippen LogP contribution in [0.4, 0.5) is 0 Å². The van der Waals surface area contributed by atoms with Crippen molar-refractivity contribution in [1.82, 2.24) is 30.3 Å². The smallest absolute Gasteiger partial charge is 0.191 e. The fourth-order valence-electron chi connectivity index (χ4n) is 3.48. The molecule has 3 rings (SSSR count). The van der Waals surface area contributed by atoms with Gasteiger partial charge in [-0.1, -0.05) is 30.7 Å². The van der Waals surface area contributed by atoms with Gasteiger partial charge >= 0.3 is 0 Å². The molecule has 0 radical (unpaired) electrons. The van der Waals surface area contributed by atoms with Crippen LogP contribution in [0.5, 0.6) is 0 Å². The second-order valence-corrected chi connectivity index (χ2v) is 7.33. The maximum Gasteiger partial charge on any atom is 0.191 e. The molecule has 30 heavy (non-hydrogen) atoms. The molecule has 2 N–H and O–H groups in total. The van der Waals surface area contributed by atoms with Gasteiger partial charge in [-0.15, -0.1) is 34.2 Å². The van der Waals surface area contributed by atoms with E-state index in [4.69, 9.17) is 16.3 Å². The minimum atomic E-state index is 0. The summed E-state index contributed by atoms with van der Waals surface area (Å²) in [6.07, 6.45) is 2.64. The Kier molecular flexibility index (Phi) is 10.8. The molecular formula is C20H31ClIN7O. The third-order valence-electron chi connectivity index (χ3n) is 5.08. The van der Waals surface area contributed by atoms with E-state index >= 15 is 0 Å². The van der Waals surface area contributed by atoms with Crippen LogP contribution in [0, 0.1) is 0 Å². The predicted molar refractivity (Wildman–Crippen MR) is 131 cm³/mol. The molecular weight excluding hydrogens is 517 g/mol. The topological polar surface area (TPSA) is 79.6 Å². The highest BCUT2D eigenvalue weighted by atomic mass is 127. The summed E-state index contributed by atoms with van der Waals surface area (Å²) in [5.41, 5.74) is 1.23. The second-order valence-electron chi connectivity index (χ2n) is 6.89. The molecule has 0 bridgehead atoms. The van der Waals surface area contributed by atoms with Crippen LogP contribution < -0.4 is 10.6 Å². The van der Waals surface area contributed by atoms with Crippen LogP contribution >= 0.6 is 35.6 Å². The maximum absolute atomic E-state index is 6.08. The van der Waals surface area contributed by atoms with E-state index in [2.05, 4.69) is 54.3 Å². The molecule has 0 spiro atoms. The number of hydrogen-bond acceptors (Lipinski definition) is 5. The minimum absolute atomic E-state index is 0. The van der Waals surface area contributed by atoms with Crippen LogP contribution in [0.15, 0.2) is 35.6 Å². The lowest BCUT2D eigenvalue weighted by Gasteiger charge is -2.35. The van der Waals surface area contributed by atoms with Gasteiger partial charge < -0.3 is 19.9 Å². The Morgan fingerprint density at radius 3 is 2.63 bits per heavy atom. The Morgan fingerprint density at radius 2 is 1.97 bits per heavy atom. The molecule has 0 aliphatic carbocycles. The Labute approximate surface area is 200 Å². The number of nitrogens with zero attached hydrogens (tertiary/aromatic N) is 5. The molecule has 0 saturated carbocycles. The van der Waals surface area contributed by atoms with Gasteiger partial charge in [-0.3, -0.25) is 9.89 Å². The van der Waals surface area contributed by atoms with Crippen molar-refractivity contribution in [2.45, 2.75) is 25.9 Å². The summed E-state index contributed by atoms with van der Waals surface area (Å²) >= 11 is 6.08. The molecule has 1 aliphatic rings. The summed E-state index contributed by atoms with van der Waals surface area (Å²) in [4.78, 5) is 6.81. The van der Waals surface area contributed by atoms with E-state index in [0.717, 1.165) is 69.2 Å². The molecule has 2 heterocycles. The lowest BCUT2D eigenvalue weighted by molar-refractivity contribution is 0.0170. The minimum Gasteiger partial charge on any atom is -0.379 e. The first kappa shape index (κ1) is 24.8. The Morgan fingerprint density at radius 1 is 1.23 bits per heavy atom. The molecule has 1 aliphatic heterocycles. The number of halogens is 2. The highest BCUT2D eigenvalue weighted by Crippen LogP contribution is 2.23. The van der Waals surface area contributed by atoms with Gasteiger partial charge in [0.15, 0.2) is 5.96 Å². The zero-order valence-corrected chi connectivity index (χ0v) is 20.6. The monoisotopic (exact) mass is 547 g/mol. The predicted octanol–water partition coefficient (Wildman–Crippen LogP) is 2.35. The quantitative estimate of drug-likeness (QED) is 0.300. The molecule has 10 heteroatoms. The highest BCUT2D eigenvalue weighted by Gasteiger charge is 2.23. The zero-order valence-electron chi connectivity index (χ0n) is 17.6. The Bertz CT molecular complexity index is 778. The fourth-order valence-corrected chi connectivity index (χ4v) is 3.61. The molecule has 1 fully saturated rings. The molecule has 1 saturated heterocycles. The van der Waals surface area contributed by atoms with Crippen molar-refractivity contribution in [3.05, 3.63) is 47.0 Å². The summed E-state index contributed by atoms with van der Waals surface area (Å²) in [6.45, 7) is 7.70. The summed E-state index contributed by atoms with van der Waals surface area (Å²) in [7, 11) is 1.79. The lowest BCUT2D eigenvalue weighted by Crippen LogP contribution is -2.46. The van der Waals surface area contributed by atoms with Gasteiger partial charge in [-0.2, -0.15) is 0 Å². The van der Waals surface area contributed by atoms with Crippen molar-refractivity contribution in [3.63, 3.8) is 0 Å². The third kappa shape index (κ3) is 7.07. The van der Waals surface area contributed by atoms with Crippen molar-refractivity contribution >= 4 is 41.5 Å². The van der Waals surface area contributed by atoms with Gasteiger partial charge in [0.05, 0.1) is 19.3 Å². The van der Waals surface area contributed by atoms with Crippen molar-refractivity contribution in [2.75, 3.05) is 46.4 Å². The van der Waals surface area contributed by atoms with E-state index in [-0.39, 0.29) is 30.0 Å². The van der Waals surface area contributed by atoms with E-state index in [9.17, 15) is 0 Å². The van der Waals surface area contributed by atoms with Gasteiger partial charge in [0, 0.05) is 51.2 Å². The van der Waals surface area contributed by atoms with Crippen LogP contribution in [0.3, 0.4) is 0 Å². The molecule has 1 aromatic carbocycles. The second kappa shape index (κ2) is 13.1. The van der Waals surface area contributed by atoms with Crippen molar-refractivity contribution in [2.24, 2.45) is 4.99 Å². The molecule has 8 nitrogen and oxygen atoms in total. The van der Waals surface area contributed by atoms with Crippen LogP contribution in [-0.4, -0.2) is 72.1 Å². The third-order valence-corrected chi connectivity index (χ3v) is 5.34. The highest BCUT2D eigenvalue weighted by molar-refractivity contribution is 14.0. The van der Waals surface area contributed by atoms with Crippen LogP contribution in [0.2, 0.25) is 5.02 Å². The number of aromatic nitrogens is 3. The summed E-state index contributed by atoms with van der Waals surface area (Å²) in [5, 5.41) is 15.7. The summed E-state index contributed by atoms with van der Waals surface area (Å²) < 4.78 is 7.59. The number of benzene rings is 1. The summed E-state index contributed by atoms with van der Waals surface area (Å²) in [6, 6.07) is 8.31. The normalized spacial score (nSPS) is 16.0. The first-order chi connectivity index (χ1) is 14.2.